The van der Waals surface area contributed by atoms with E-state index in [1.165, 1.54) is 0 Å². The molecule has 0 spiro atoms. The van der Waals surface area contributed by atoms with Gasteiger partial charge in [-0.2, -0.15) is 0 Å². The molecule has 0 bridgehead atoms. The van der Waals surface area contributed by atoms with E-state index < -0.39 is 7.82 Å². The van der Waals surface area contributed by atoms with E-state index in [9.17, 15) is 0 Å². The van der Waals surface area contributed by atoms with Gasteiger partial charge in [-0.3, -0.25) is 4.70 Å². The zero-order valence-electron chi connectivity index (χ0n) is 7.05. The van der Waals surface area contributed by atoms with Gasteiger partial charge in [-0.1, -0.05) is 0 Å². The van der Waals surface area contributed by atoms with Crippen molar-refractivity contribution in [3.63, 3.8) is 0 Å². The van der Waals surface area contributed by atoms with E-state index in [-0.39, 0.29) is 74.5 Å². The van der Waals surface area contributed by atoms with Crippen molar-refractivity contribution in [1.82, 2.24) is 0 Å². The van der Waals surface area contributed by atoms with Crippen molar-refractivity contribution in [3.8, 4) is 0 Å². The Labute approximate surface area is 101 Å². The van der Waals surface area contributed by atoms with Crippen molar-refractivity contribution in [1.29, 1.82) is 0 Å². The summed E-state index contributed by atoms with van der Waals surface area (Å²) in [5, 5.41) is 0. The molecule has 0 aliphatic rings. The first-order valence-corrected chi connectivity index (χ1v) is 2.35. The zero-order chi connectivity index (χ0) is 4.50. The SMILES string of the molecule is F.O=P(O)(O)O.[H-].[H-].[Li+].[Na+].[V]. The van der Waals surface area contributed by atoms with Gasteiger partial charge in [0, 0.05) is 18.6 Å². The molecule has 9 heteroatoms. The van der Waals surface area contributed by atoms with Gasteiger partial charge in [-0.05, 0) is 0 Å². The second kappa shape index (κ2) is 12.9. The predicted octanol–water partition coefficient (Wildman–Crippen LogP) is -6.55. The average Bonchev–Trinajstić information content (AvgIpc) is 0.722. The Morgan fingerprint density at radius 2 is 1.22 bits per heavy atom. The molecule has 0 fully saturated rings. The summed E-state index contributed by atoms with van der Waals surface area (Å²) in [5.74, 6) is 0. The Morgan fingerprint density at radius 1 is 1.22 bits per heavy atom. The van der Waals surface area contributed by atoms with Crippen molar-refractivity contribution in [3.05, 3.63) is 0 Å². The molecule has 4 nitrogen and oxygen atoms in total. The minimum Gasteiger partial charge on any atom is -1.00 e. The maximum atomic E-state index is 8.88. The molecule has 49 valence electrons. The molecule has 0 rings (SSSR count). The van der Waals surface area contributed by atoms with Gasteiger partial charge >= 0.3 is 56.2 Å². The molecule has 0 saturated carbocycles. The molecular formula is H6FLiNaO4PV. The zero-order valence-corrected chi connectivity index (χ0v) is 9.34. The van der Waals surface area contributed by atoms with E-state index in [1.807, 2.05) is 0 Å². The monoisotopic (exact) mass is 201 g/mol. The van der Waals surface area contributed by atoms with Crippen molar-refractivity contribution in [2.24, 2.45) is 0 Å². The molecule has 1 radical (unpaired) electrons. The fourth-order valence-electron chi connectivity index (χ4n) is 0. The van der Waals surface area contributed by atoms with Crippen molar-refractivity contribution >= 4 is 7.82 Å². The summed E-state index contributed by atoms with van der Waals surface area (Å²) in [7, 11) is -4.64. The number of hydrogen-bond acceptors (Lipinski definition) is 1. The summed E-state index contributed by atoms with van der Waals surface area (Å²) >= 11 is 0. The van der Waals surface area contributed by atoms with Crippen LogP contribution in [0, 0.1) is 0 Å². The second-order valence-corrected chi connectivity index (χ2v) is 1.54. The maximum Gasteiger partial charge on any atom is 1.00 e. The number of rotatable bonds is 0. The molecule has 0 aliphatic carbocycles. The topological polar surface area (TPSA) is 77.8 Å². The van der Waals surface area contributed by atoms with Crippen LogP contribution < -0.4 is 48.4 Å². The van der Waals surface area contributed by atoms with Crippen LogP contribution in [0.3, 0.4) is 0 Å². The Balaban J connectivity index is -0.00000000533. The molecule has 0 unspecified atom stereocenters. The van der Waals surface area contributed by atoms with Crippen LogP contribution in [0.5, 0.6) is 0 Å². The summed E-state index contributed by atoms with van der Waals surface area (Å²) in [4.78, 5) is 21.6. The first-order chi connectivity index (χ1) is 2.00. The number of phosphoric acid groups is 1. The van der Waals surface area contributed by atoms with Gasteiger partial charge in [0.1, 0.15) is 0 Å². The molecular weight excluding hydrogens is 195 g/mol. The van der Waals surface area contributed by atoms with Gasteiger partial charge in [0.25, 0.3) is 0 Å². The van der Waals surface area contributed by atoms with E-state index in [1.54, 1.807) is 0 Å². The van der Waals surface area contributed by atoms with Crippen LogP contribution in [0.4, 0.5) is 4.70 Å². The minimum atomic E-state index is -4.64. The summed E-state index contributed by atoms with van der Waals surface area (Å²) < 4.78 is 8.88. The van der Waals surface area contributed by atoms with Gasteiger partial charge in [-0.15, -0.1) is 0 Å². The fraction of sp³-hybridized carbons (Fsp3) is 0. The molecule has 9 heavy (non-hydrogen) atoms. The average molecular weight is 201 g/mol. The van der Waals surface area contributed by atoms with Gasteiger partial charge in [0.2, 0.25) is 0 Å². The Hall–Kier alpha value is 2.22. The molecule has 3 N–H and O–H groups in total. The van der Waals surface area contributed by atoms with E-state index in [2.05, 4.69) is 0 Å². The number of halogens is 1. The normalized spacial score (nSPS) is 6.56. The van der Waals surface area contributed by atoms with Crippen LogP contribution in [0.1, 0.15) is 2.85 Å². The van der Waals surface area contributed by atoms with Crippen molar-refractivity contribution in [2.45, 2.75) is 0 Å². The van der Waals surface area contributed by atoms with Gasteiger partial charge in [0.15, 0.2) is 0 Å². The van der Waals surface area contributed by atoms with Crippen LogP contribution in [-0.2, 0) is 23.1 Å². The molecule has 0 saturated heterocycles. The van der Waals surface area contributed by atoms with Crippen molar-refractivity contribution in [2.75, 3.05) is 0 Å². The molecule has 0 aromatic rings. The summed E-state index contributed by atoms with van der Waals surface area (Å²) in [6.45, 7) is 0. The van der Waals surface area contributed by atoms with Crippen LogP contribution in [-0.4, -0.2) is 14.7 Å². The molecule has 0 amide bonds. The standard InChI is InChI=1S/FH.Li.Na.H3O4P.V.2H/c;;;1-5(2,3)4;;;/h1H;;;(H3,1,2,3,4);;;/q;2*+1;;;2*-1. The summed E-state index contributed by atoms with van der Waals surface area (Å²) in [6.07, 6.45) is 0. The van der Waals surface area contributed by atoms with Gasteiger partial charge in [-0.25, -0.2) is 4.57 Å². The summed E-state index contributed by atoms with van der Waals surface area (Å²) in [5.41, 5.74) is 0. The second-order valence-electron chi connectivity index (χ2n) is 0.513. The number of hydrogen-bond donors (Lipinski definition) is 3. The van der Waals surface area contributed by atoms with Crippen LogP contribution >= 0.6 is 7.82 Å². The third kappa shape index (κ3) is 140. The van der Waals surface area contributed by atoms with E-state index in [0.717, 1.165) is 0 Å². The largest absolute Gasteiger partial charge is 1.00 e. The minimum absolute atomic E-state index is 0. The third-order valence-electron chi connectivity index (χ3n) is 0. The van der Waals surface area contributed by atoms with E-state index in [0.29, 0.717) is 0 Å². The van der Waals surface area contributed by atoms with Gasteiger partial charge in [0.05, 0.1) is 0 Å². The summed E-state index contributed by atoms with van der Waals surface area (Å²) in [6, 6.07) is 0. The quantitative estimate of drug-likeness (QED) is 0.269. The first kappa shape index (κ1) is 30.3. The Bertz CT molecular complexity index is 74.2. The molecule has 0 aromatic carbocycles. The molecule has 0 aliphatic heterocycles. The Morgan fingerprint density at radius 3 is 1.22 bits per heavy atom. The smallest absolute Gasteiger partial charge is 1.00 e. The third-order valence-corrected chi connectivity index (χ3v) is 0. The van der Waals surface area contributed by atoms with Crippen LogP contribution in [0.25, 0.3) is 0 Å². The Kier molecular flexibility index (Phi) is 43.3. The molecule has 0 atom stereocenters. The van der Waals surface area contributed by atoms with Crippen molar-refractivity contribution < 1.29 is 93.8 Å². The maximum absolute atomic E-state index is 8.88. The van der Waals surface area contributed by atoms with E-state index in [4.69, 9.17) is 19.2 Å². The molecule has 0 heterocycles. The van der Waals surface area contributed by atoms with E-state index >= 15 is 0 Å². The van der Waals surface area contributed by atoms with Crippen LogP contribution in [0.15, 0.2) is 0 Å². The first-order valence-electron chi connectivity index (χ1n) is 0.783. The van der Waals surface area contributed by atoms with Gasteiger partial charge < -0.3 is 17.5 Å². The molecule has 0 aromatic heterocycles. The predicted molar refractivity (Wildman–Crippen MR) is 19.0 cm³/mol. The fourth-order valence-corrected chi connectivity index (χ4v) is 0. The van der Waals surface area contributed by atoms with Crippen LogP contribution in [0.2, 0.25) is 0 Å².